The van der Waals surface area contributed by atoms with Crippen LogP contribution in [0.25, 0.3) is 0 Å². The SMILES string of the molecule is O=C(NCc1ccccc1F)c1cccc(C(=O)Nc2ccc(F)c(F)c2)c1. The van der Waals surface area contributed by atoms with Crippen LogP contribution in [0.2, 0.25) is 0 Å². The van der Waals surface area contributed by atoms with E-state index in [9.17, 15) is 22.8 Å². The van der Waals surface area contributed by atoms with Gasteiger partial charge in [-0.1, -0.05) is 24.3 Å². The number of hydrogen-bond acceptors (Lipinski definition) is 2. The molecule has 0 radical (unpaired) electrons. The molecule has 142 valence electrons. The fourth-order valence-electron chi connectivity index (χ4n) is 2.50. The molecule has 2 amide bonds. The van der Waals surface area contributed by atoms with Gasteiger partial charge >= 0.3 is 0 Å². The highest BCUT2D eigenvalue weighted by Gasteiger charge is 2.12. The van der Waals surface area contributed by atoms with Crippen molar-refractivity contribution in [1.82, 2.24) is 5.32 Å². The molecule has 0 aliphatic heterocycles. The maximum Gasteiger partial charge on any atom is 0.255 e. The molecule has 3 aromatic carbocycles. The first-order valence-electron chi connectivity index (χ1n) is 8.32. The highest BCUT2D eigenvalue weighted by atomic mass is 19.2. The number of rotatable bonds is 5. The Morgan fingerprint density at radius 2 is 1.43 bits per heavy atom. The van der Waals surface area contributed by atoms with Crippen LogP contribution in [-0.4, -0.2) is 11.8 Å². The lowest BCUT2D eigenvalue weighted by molar-refractivity contribution is 0.0950. The molecule has 4 nitrogen and oxygen atoms in total. The molecule has 0 atom stereocenters. The lowest BCUT2D eigenvalue weighted by atomic mass is 10.1. The topological polar surface area (TPSA) is 58.2 Å². The average molecular weight is 384 g/mol. The number of halogens is 3. The Kier molecular flexibility index (Phi) is 5.74. The third-order valence-electron chi connectivity index (χ3n) is 3.96. The molecule has 0 aliphatic carbocycles. The molecule has 0 saturated heterocycles. The number of hydrogen-bond donors (Lipinski definition) is 2. The van der Waals surface area contributed by atoms with Crippen LogP contribution < -0.4 is 10.6 Å². The fraction of sp³-hybridized carbons (Fsp3) is 0.0476. The van der Waals surface area contributed by atoms with Crippen LogP contribution in [0.3, 0.4) is 0 Å². The molecule has 3 rings (SSSR count). The second-order valence-electron chi connectivity index (χ2n) is 5.94. The van der Waals surface area contributed by atoms with E-state index in [2.05, 4.69) is 10.6 Å². The van der Waals surface area contributed by atoms with Crippen molar-refractivity contribution in [2.75, 3.05) is 5.32 Å². The van der Waals surface area contributed by atoms with Gasteiger partial charge < -0.3 is 10.6 Å². The molecule has 0 bridgehead atoms. The highest BCUT2D eigenvalue weighted by Crippen LogP contribution is 2.15. The Balaban J connectivity index is 1.68. The van der Waals surface area contributed by atoms with Gasteiger partial charge in [-0.15, -0.1) is 0 Å². The van der Waals surface area contributed by atoms with E-state index in [0.29, 0.717) is 5.56 Å². The number of benzene rings is 3. The second-order valence-corrected chi connectivity index (χ2v) is 5.94. The first-order chi connectivity index (χ1) is 13.4. The highest BCUT2D eigenvalue weighted by molar-refractivity contribution is 6.06. The third-order valence-corrected chi connectivity index (χ3v) is 3.96. The van der Waals surface area contributed by atoms with Crippen molar-refractivity contribution in [3.63, 3.8) is 0 Å². The van der Waals surface area contributed by atoms with Crippen LogP contribution in [0.5, 0.6) is 0 Å². The van der Waals surface area contributed by atoms with Gasteiger partial charge in [0.15, 0.2) is 11.6 Å². The van der Waals surface area contributed by atoms with Gasteiger partial charge in [-0.05, 0) is 36.4 Å². The monoisotopic (exact) mass is 384 g/mol. The maximum absolute atomic E-state index is 13.6. The van der Waals surface area contributed by atoms with Crippen LogP contribution in [0.1, 0.15) is 26.3 Å². The van der Waals surface area contributed by atoms with E-state index in [4.69, 9.17) is 0 Å². The van der Waals surface area contributed by atoms with Crippen molar-refractivity contribution in [1.29, 1.82) is 0 Å². The lowest BCUT2D eigenvalue weighted by Crippen LogP contribution is -2.24. The maximum atomic E-state index is 13.6. The Bertz CT molecular complexity index is 1040. The summed E-state index contributed by atoms with van der Waals surface area (Å²) in [5, 5.41) is 5.01. The van der Waals surface area contributed by atoms with Crippen molar-refractivity contribution >= 4 is 17.5 Å². The van der Waals surface area contributed by atoms with Gasteiger partial charge in [-0.25, -0.2) is 13.2 Å². The van der Waals surface area contributed by atoms with E-state index in [1.807, 2.05) is 0 Å². The summed E-state index contributed by atoms with van der Waals surface area (Å²) >= 11 is 0. The van der Waals surface area contributed by atoms with E-state index >= 15 is 0 Å². The number of carbonyl (C=O) groups excluding carboxylic acids is 2. The molecule has 0 heterocycles. The summed E-state index contributed by atoms with van der Waals surface area (Å²) in [6.45, 7) is -0.00319. The molecule has 0 fully saturated rings. The molecule has 0 saturated carbocycles. The zero-order chi connectivity index (χ0) is 20.1. The standard InChI is InChI=1S/C21H15F3N2O2/c22-17-7-2-1-4-15(17)12-25-20(27)13-5-3-6-14(10-13)21(28)26-16-8-9-18(23)19(24)11-16/h1-11H,12H2,(H,25,27)(H,26,28). The van der Waals surface area contributed by atoms with Gasteiger partial charge in [0.1, 0.15) is 5.82 Å². The van der Waals surface area contributed by atoms with Crippen LogP contribution in [0.4, 0.5) is 18.9 Å². The van der Waals surface area contributed by atoms with Gasteiger partial charge in [0.2, 0.25) is 0 Å². The minimum Gasteiger partial charge on any atom is -0.348 e. The van der Waals surface area contributed by atoms with Crippen LogP contribution in [0.15, 0.2) is 66.7 Å². The molecule has 0 unspecified atom stereocenters. The van der Waals surface area contributed by atoms with Crippen LogP contribution in [-0.2, 0) is 6.54 Å². The fourth-order valence-corrected chi connectivity index (χ4v) is 2.50. The summed E-state index contributed by atoms with van der Waals surface area (Å²) in [5.41, 5.74) is 0.777. The van der Waals surface area contributed by atoms with Gasteiger partial charge in [-0.3, -0.25) is 9.59 Å². The van der Waals surface area contributed by atoms with Gasteiger partial charge in [-0.2, -0.15) is 0 Å². The smallest absolute Gasteiger partial charge is 0.255 e. The quantitative estimate of drug-likeness (QED) is 0.690. The van der Waals surface area contributed by atoms with Crippen molar-refractivity contribution < 1.29 is 22.8 Å². The van der Waals surface area contributed by atoms with E-state index < -0.39 is 29.3 Å². The molecule has 0 spiro atoms. The van der Waals surface area contributed by atoms with Gasteiger partial charge in [0.25, 0.3) is 11.8 Å². The van der Waals surface area contributed by atoms with E-state index in [-0.39, 0.29) is 23.4 Å². The van der Waals surface area contributed by atoms with Crippen molar-refractivity contribution in [3.05, 3.63) is 101 Å². The Morgan fingerprint density at radius 3 is 2.14 bits per heavy atom. The second kappa shape index (κ2) is 8.39. The molecule has 0 aliphatic rings. The molecular weight excluding hydrogens is 369 g/mol. The first kappa shape index (κ1) is 19.2. The largest absolute Gasteiger partial charge is 0.348 e. The number of amides is 2. The molecule has 2 N–H and O–H groups in total. The Labute approximate surface area is 159 Å². The predicted octanol–water partition coefficient (Wildman–Crippen LogP) is 4.29. The van der Waals surface area contributed by atoms with Gasteiger partial charge in [0.05, 0.1) is 0 Å². The summed E-state index contributed by atoms with van der Waals surface area (Å²) in [6.07, 6.45) is 0. The summed E-state index contributed by atoms with van der Waals surface area (Å²) < 4.78 is 39.8. The number of anilines is 1. The van der Waals surface area contributed by atoms with E-state index in [0.717, 1.165) is 12.1 Å². The van der Waals surface area contributed by atoms with Crippen molar-refractivity contribution in [3.8, 4) is 0 Å². The number of nitrogens with one attached hydrogen (secondary N) is 2. The normalized spacial score (nSPS) is 10.4. The summed E-state index contributed by atoms with van der Waals surface area (Å²) in [7, 11) is 0. The Morgan fingerprint density at radius 1 is 0.714 bits per heavy atom. The van der Waals surface area contributed by atoms with E-state index in [1.165, 1.54) is 36.4 Å². The first-order valence-corrected chi connectivity index (χ1v) is 8.32. The average Bonchev–Trinajstić information content (AvgIpc) is 2.70. The summed E-state index contributed by atoms with van der Waals surface area (Å²) in [6, 6.07) is 14.9. The van der Waals surface area contributed by atoms with Crippen LogP contribution >= 0.6 is 0 Å². The van der Waals surface area contributed by atoms with Crippen molar-refractivity contribution in [2.45, 2.75) is 6.54 Å². The minimum absolute atomic E-state index is 0.00319. The molecule has 0 aromatic heterocycles. The summed E-state index contributed by atoms with van der Waals surface area (Å²) in [4.78, 5) is 24.6. The number of carbonyl (C=O) groups is 2. The zero-order valence-electron chi connectivity index (χ0n) is 14.5. The van der Waals surface area contributed by atoms with E-state index in [1.54, 1.807) is 18.2 Å². The van der Waals surface area contributed by atoms with Crippen LogP contribution in [0, 0.1) is 17.5 Å². The van der Waals surface area contributed by atoms with Crippen molar-refractivity contribution in [2.24, 2.45) is 0 Å². The van der Waals surface area contributed by atoms with Gasteiger partial charge in [0, 0.05) is 35.0 Å². The molecule has 3 aromatic rings. The predicted molar refractivity (Wildman–Crippen MR) is 98.3 cm³/mol. The molecule has 7 heteroatoms. The molecular formula is C21H15F3N2O2. The zero-order valence-corrected chi connectivity index (χ0v) is 14.5. The third kappa shape index (κ3) is 4.56. The summed E-state index contributed by atoms with van der Waals surface area (Å²) in [5.74, 6) is -3.60. The Hall–Kier alpha value is -3.61. The lowest BCUT2D eigenvalue weighted by Gasteiger charge is -2.09. The minimum atomic E-state index is -1.08. The molecule has 28 heavy (non-hydrogen) atoms.